The van der Waals surface area contributed by atoms with Crippen LogP contribution in [0.25, 0.3) is 0 Å². The van der Waals surface area contributed by atoms with Crippen LogP contribution >= 0.6 is 23.2 Å². The number of piperidine rings is 1. The third kappa shape index (κ3) is 8.06. The molecule has 1 saturated carbocycles. The first kappa shape index (κ1) is 27.7. The van der Waals surface area contributed by atoms with Crippen LogP contribution in [0.2, 0.25) is 10.0 Å². The Morgan fingerprint density at radius 3 is 2.14 bits per heavy atom. The molecule has 1 atom stereocenters. The quantitative estimate of drug-likeness (QED) is 0.460. The summed E-state index contributed by atoms with van der Waals surface area (Å²) in [6.45, 7) is 4.48. The molecule has 2 heterocycles. The number of benzene rings is 2. The molecule has 200 valence electrons. The summed E-state index contributed by atoms with van der Waals surface area (Å²) in [4.78, 5) is 31.3. The molecule has 0 radical (unpaired) electrons. The first-order valence-electron chi connectivity index (χ1n) is 12.9. The monoisotopic (exact) mass is 549 g/mol. The van der Waals surface area contributed by atoms with Gasteiger partial charge in [0, 0.05) is 32.6 Å². The Kier molecular flexibility index (Phi) is 9.68. The summed E-state index contributed by atoms with van der Waals surface area (Å²) in [5.41, 5.74) is 0. The van der Waals surface area contributed by atoms with Crippen molar-refractivity contribution in [3.63, 3.8) is 0 Å². The molecular formula is C28H34Cl2FN3O3. The Morgan fingerprint density at radius 1 is 0.946 bits per heavy atom. The Morgan fingerprint density at radius 2 is 1.57 bits per heavy atom. The van der Waals surface area contributed by atoms with E-state index >= 15 is 0 Å². The second-order valence-corrected chi connectivity index (χ2v) is 10.9. The van der Waals surface area contributed by atoms with E-state index in [1.165, 1.54) is 43.7 Å². The third-order valence-corrected chi connectivity index (χ3v) is 8.06. The molecule has 2 amide bonds. The smallest absolute Gasteiger partial charge is 0.410 e. The van der Waals surface area contributed by atoms with E-state index in [0.717, 1.165) is 38.3 Å². The van der Waals surface area contributed by atoms with Crippen LogP contribution < -0.4 is 4.74 Å². The molecule has 5 rings (SSSR count). The third-order valence-electron chi connectivity index (χ3n) is 7.30. The molecule has 0 aromatic heterocycles. The van der Waals surface area contributed by atoms with Crippen LogP contribution in [0.4, 0.5) is 9.18 Å². The molecule has 0 spiro atoms. The molecule has 2 saturated heterocycles. The Labute approximate surface area is 228 Å². The fourth-order valence-electron chi connectivity index (χ4n) is 4.81. The van der Waals surface area contributed by atoms with Gasteiger partial charge in [0.05, 0.1) is 16.1 Å². The molecule has 0 bridgehead atoms. The maximum absolute atomic E-state index is 13.0. The SMILES string of the molecule is CN(C(=O)Oc1ccc(F)cc1)C1CCN(C(=O)C2CCN(CC3CC3)CC2)C1.Clc1ccccc1Cl. The Balaban J connectivity index is 0.000000342. The summed E-state index contributed by atoms with van der Waals surface area (Å²) in [7, 11) is 1.70. The topological polar surface area (TPSA) is 53.1 Å². The lowest BCUT2D eigenvalue weighted by atomic mass is 9.95. The minimum Gasteiger partial charge on any atom is -0.410 e. The molecule has 0 N–H and O–H groups in total. The highest BCUT2D eigenvalue weighted by Gasteiger charge is 2.36. The zero-order valence-corrected chi connectivity index (χ0v) is 22.6. The van der Waals surface area contributed by atoms with Gasteiger partial charge >= 0.3 is 6.09 Å². The number of likely N-dealkylation sites (tertiary alicyclic amines) is 2. The molecule has 9 heteroatoms. The number of likely N-dealkylation sites (N-methyl/N-ethyl adjacent to an activating group) is 1. The van der Waals surface area contributed by atoms with Crippen molar-refractivity contribution in [1.29, 1.82) is 0 Å². The molecule has 2 aromatic carbocycles. The van der Waals surface area contributed by atoms with Crippen LogP contribution in [0.15, 0.2) is 48.5 Å². The highest BCUT2D eigenvalue weighted by Crippen LogP contribution is 2.31. The first-order chi connectivity index (χ1) is 17.8. The zero-order valence-electron chi connectivity index (χ0n) is 21.1. The van der Waals surface area contributed by atoms with E-state index < -0.39 is 6.09 Å². The minimum atomic E-state index is -0.482. The summed E-state index contributed by atoms with van der Waals surface area (Å²) in [6.07, 6.45) is 4.88. The van der Waals surface area contributed by atoms with Crippen LogP contribution in [0, 0.1) is 17.7 Å². The minimum absolute atomic E-state index is 0.0538. The van der Waals surface area contributed by atoms with E-state index in [4.69, 9.17) is 27.9 Å². The zero-order chi connectivity index (χ0) is 26.4. The fourth-order valence-corrected chi connectivity index (χ4v) is 5.08. The second kappa shape index (κ2) is 12.9. The highest BCUT2D eigenvalue weighted by molar-refractivity contribution is 6.41. The van der Waals surface area contributed by atoms with Crippen LogP contribution in [-0.2, 0) is 4.79 Å². The fraction of sp³-hybridized carbons (Fsp3) is 0.500. The maximum atomic E-state index is 13.0. The average Bonchev–Trinajstić information content (AvgIpc) is 3.58. The number of hydrogen-bond acceptors (Lipinski definition) is 4. The van der Waals surface area contributed by atoms with Gasteiger partial charge in [0.1, 0.15) is 11.6 Å². The summed E-state index contributed by atoms with van der Waals surface area (Å²) in [5, 5.41) is 1.21. The van der Waals surface area contributed by atoms with E-state index in [1.54, 1.807) is 24.1 Å². The number of carbonyl (C=O) groups excluding carboxylic acids is 2. The van der Waals surface area contributed by atoms with Gasteiger partial charge in [-0.15, -0.1) is 0 Å². The number of hydrogen-bond donors (Lipinski definition) is 0. The second-order valence-electron chi connectivity index (χ2n) is 10.1. The largest absolute Gasteiger partial charge is 0.415 e. The normalized spacial score (nSPS) is 20.2. The van der Waals surface area contributed by atoms with E-state index in [9.17, 15) is 14.0 Å². The van der Waals surface area contributed by atoms with E-state index in [0.29, 0.717) is 28.9 Å². The Hall–Kier alpha value is -2.35. The number of halogens is 3. The molecule has 6 nitrogen and oxygen atoms in total. The predicted octanol–water partition coefficient (Wildman–Crippen LogP) is 5.97. The highest BCUT2D eigenvalue weighted by atomic mass is 35.5. The van der Waals surface area contributed by atoms with Gasteiger partial charge in [0.25, 0.3) is 0 Å². The lowest BCUT2D eigenvalue weighted by Gasteiger charge is -2.33. The number of ether oxygens (including phenoxy) is 1. The molecule has 37 heavy (non-hydrogen) atoms. The van der Waals surface area contributed by atoms with Crippen molar-refractivity contribution in [2.24, 2.45) is 11.8 Å². The van der Waals surface area contributed by atoms with Gasteiger partial charge in [0.15, 0.2) is 0 Å². The van der Waals surface area contributed by atoms with E-state index in [1.807, 2.05) is 17.0 Å². The maximum Gasteiger partial charge on any atom is 0.415 e. The van der Waals surface area contributed by atoms with Gasteiger partial charge in [-0.05, 0) is 87.5 Å². The van der Waals surface area contributed by atoms with Crippen molar-refractivity contribution in [2.75, 3.05) is 39.8 Å². The summed E-state index contributed by atoms with van der Waals surface area (Å²) in [6, 6.07) is 12.5. The van der Waals surface area contributed by atoms with Crippen LogP contribution in [0.1, 0.15) is 32.1 Å². The standard InChI is InChI=1S/C22H30FN3O3.C6H4Cl2/c1-24(22(28)29-20-6-4-18(23)5-7-20)19-10-13-26(15-19)21(27)17-8-11-25(12-9-17)14-16-2-3-16;7-5-3-1-2-4-6(5)8/h4-7,16-17,19H,2-3,8-15H2,1H3;1-4H. The number of carbonyl (C=O) groups is 2. The van der Waals surface area contributed by atoms with Crippen molar-refractivity contribution < 1.29 is 18.7 Å². The van der Waals surface area contributed by atoms with Crippen molar-refractivity contribution in [3.8, 4) is 5.75 Å². The van der Waals surface area contributed by atoms with Crippen molar-refractivity contribution >= 4 is 35.2 Å². The molecule has 1 aliphatic carbocycles. The van der Waals surface area contributed by atoms with Gasteiger partial charge in [0.2, 0.25) is 5.91 Å². The number of nitrogens with zero attached hydrogens (tertiary/aromatic N) is 3. The van der Waals surface area contributed by atoms with E-state index in [-0.39, 0.29) is 23.7 Å². The van der Waals surface area contributed by atoms with Gasteiger partial charge in [-0.25, -0.2) is 9.18 Å². The summed E-state index contributed by atoms with van der Waals surface area (Å²) >= 11 is 11.2. The van der Waals surface area contributed by atoms with Crippen LogP contribution in [0.5, 0.6) is 5.75 Å². The van der Waals surface area contributed by atoms with Gasteiger partial charge in [-0.2, -0.15) is 0 Å². The average molecular weight is 551 g/mol. The molecule has 2 aromatic rings. The molecule has 1 unspecified atom stereocenters. The number of rotatable bonds is 5. The van der Waals surface area contributed by atoms with Gasteiger partial charge < -0.3 is 19.4 Å². The van der Waals surface area contributed by atoms with Gasteiger partial charge in [-0.1, -0.05) is 35.3 Å². The molecule has 3 fully saturated rings. The molecule has 2 aliphatic heterocycles. The first-order valence-corrected chi connectivity index (χ1v) is 13.7. The van der Waals surface area contributed by atoms with Gasteiger partial charge in [-0.3, -0.25) is 4.79 Å². The van der Waals surface area contributed by atoms with Crippen LogP contribution in [-0.4, -0.2) is 72.5 Å². The Bertz CT molecular complexity index is 1040. The number of amides is 2. The predicted molar refractivity (Wildman–Crippen MR) is 144 cm³/mol. The molecular weight excluding hydrogens is 516 g/mol. The van der Waals surface area contributed by atoms with Crippen LogP contribution in [0.3, 0.4) is 0 Å². The van der Waals surface area contributed by atoms with Crippen molar-refractivity contribution in [2.45, 2.75) is 38.1 Å². The lowest BCUT2D eigenvalue weighted by molar-refractivity contribution is -0.136. The summed E-state index contributed by atoms with van der Waals surface area (Å²) in [5.74, 6) is 1.18. The molecule has 3 aliphatic rings. The summed E-state index contributed by atoms with van der Waals surface area (Å²) < 4.78 is 18.3. The van der Waals surface area contributed by atoms with Crippen molar-refractivity contribution in [1.82, 2.24) is 14.7 Å². The van der Waals surface area contributed by atoms with Crippen molar-refractivity contribution in [3.05, 3.63) is 64.4 Å². The lowest BCUT2D eigenvalue weighted by Crippen LogP contribution is -2.44. The van der Waals surface area contributed by atoms with E-state index in [2.05, 4.69) is 4.90 Å².